The van der Waals surface area contributed by atoms with Crippen molar-refractivity contribution in [1.29, 1.82) is 0 Å². The molecule has 0 aliphatic carbocycles. The summed E-state index contributed by atoms with van der Waals surface area (Å²) in [7, 11) is 0. The summed E-state index contributed by atoms with van der Waals surface area (Å²) in [6.07, 6.45) is 4.34. The topological polar surface area (TPSA) is 72.8 Å². The number of carbonyl (C=O) groups excluding carboxylic acids is 2. The summed E-state index contributed by atoms with van der Waals surface area (Å²) in [5.41, 5.74) is 0. The molecule has 0 rings (SSSR count). The Morgan fingerprint density at radius 1 is 1.06 bits per heavy atom. The van der Waals surface area contributed by atoms with Crippen LogP contribution in [0.5, 0.6) is 0 Å². The lowest BCUT2D eigenvalue weighted by Crippen LogP contribution is -2.23. The fourth-order valence-electron chi connectivity index (χ4n) is 1.22. The number of aliphatic hydroxyl groups is 1. The zero-order chi connectivity index (χ0) is 13.1. The minimum atomic E-state index is -1.23. The lowest BCUT2D eigenvalue weighted by Gasteiger charge is -2.06. The summed E-state index contributed by atoms with van der Waals surface area (Å²) in [5, 5.41) is 9.05. The highest BCUT2D eigenvalue weighted by atomic mass is 17.2. The summed E-state index contributed by atoms with van der Waals surface area (Å²) in [6, 6.07) is 0. The molecular formula is C12H22O5. The Hall–Kier alpha value is -1.10. The molecule has 100 valence electrons. The molecule has 1 unspecified atom stereocenters. The van der Waals surface area contributed by atoms with Crippen LogP contribution in [0.4, 0.5) is 0 Å². The second-order valence-electron chi connectivity index (χ2n) is 3.95. The molecule has 1 atom stereocenters. The first-order valence-electron chi connectivity index (χ1n) is 6.21. The van der Waals surface area contributed by atoms with E-state index in [2.05, 4.69) is 16.7 Å². The second kappa shape index (κ2) is 10.1. The van der Waals surface area contributed by atoms with Gasteiger partial charge in [-0.1, -0.05) is 39.5 Å². The normalized spacial score (nSPS) is 11.9. The maximum Gasteiger partial charge on any atom is 0.383 e. The number of carbonyl (C=O) groups is 2. The Bertz CT molecular complexity index is 227. The van der Waals surface area contributed by atoms with Gasteiger partial charge in [-0.3, -0.25) is 0 Å². The van der Waals surface area contributed by atoms with E-state index < -0.39 is 18.0 Å². The Morgan fingerprint density at radius 2 is 1.71 bits per heavy atom. The van der Waals surface area contributed by atoms with E-state index in [1.165, 1.54) is 0 Å². The lowest BCUT2D eigenvalue weighted by atomic mass is 10.1. The Kier molecular flexibility index (Phi) is 9.43. The zero-order valence-electron chi connectivity index (χ0n) is 10.6. The van der Waals surface area contributed by atoms with Crippen molar-refractivity contribution in [2.24, 2.45) is 0 Å². The summed E-state index contributed by atoms with van der Waals surface area (Å²) in [5.74, 6) is -1.50. The molecule has 0 aliphatic rings. The van der Waals surface area contributed by atoms with Gasteiger partial charge in [-0.2, -0.15) is 0 Å². The second-order valence-corrected chi connectivity index (χ2v) is 3.95. The number of hydrogen-bond acceptors (Lipinski definition) is 5. The van der Waals surface area contributed by atoms with Gasteiger partial charge in [-0.15, -0.1) is 0 Å². The minimum absolute atomic E-state index is 0.230. The third kappa shape index (κ3) is 8.68. The van der Waals surface area contributed by atoms with E-state index >= 15 is 0 Å². The minimum Gasteiger partial charge on any atom is -0.381 e. The van der Waals surface area contributed by atoms with Crippen molar-refractivity contribution in [3.63, 3.8) is 0 Å². The van der Waals surface area contributed by atoms with Crippen LogP contribution in [0, 0.1) is 0 Å². The van der Waals surface area contributed by atoms with Gasteiger partial charge < -0.3 is 5.11 Å². The first-order chi connectivity index (χ1) is 8.11. The van der Waals surface area contributed by atoms with Crippen LogP contribution in [0.1, 0.15) is 58.8 Å². The van der Waals surface area contributed by atoms with Crippen LogP contribution >= 0.6 is 0 Å². The molecule has 0 spiro atoms. The largest absolute Gasteiger partial charge is 0.383 e. The van der Waals surface area contributed by atoms with Gasteiger partial charge in [-0.05, 0) is 12.8 Å². The first-order valence-corrected chi connectivity index (χ1v) is 6.21. The van der Waals surface area contributed by atoms with Gasteiger partial charge in [0.05, 0.1) is 6.42 Å². The van der Waals surface area contributed by atoms with E-state index in [4.69, 9.17) is 5.11 Å². The molecule has 17 heavy (non-hydrogen) atoms. The molecule has 0 aromatic heterocycles. The van der Waals surface area contributed by atoms with Gasteiger partial charge in [-0.25, -0.2) is 19.4 Å². The van der Waals surface area contributed by atoms with Crippen LogP contribution in [0.3, 0.4) is 0 Å². The van der Waals surface area contributed by atoms with Crippen molar-refractivity contribution in [2.45, 2.75) is 64.9 Å². The van der Waals surface area contributed by atoms with Crippen molar-refractivity contribution in [1.82, 2.24) is 0 Å². The highest BCUT2D eigenvalue weighted by Crippen LogP contribution is 2.06. The fourth-order valence-corrected chi connectivity index (χ4v) is 1.22. The predicted octanol–water partition coefficient (Wildman–Crippen LogP) is 2.12. The number of rotatable bonds is 8. The number of unbranched alkanes of at least 4 members (excludes halogenated alkanes) is 4. The van der Waals surface area contributed by atoms with Crippen molar-refractivity contribution >= 4 is 11.9 Å². The zero-order valence-corrected chi connectivity index (χ0v) is 10.6. The molecule has 0 aromatic rings. The van der Waals surface area contributed by atoms with Crippen LogP contribution in [0.15, 0.2) is 0 Å². The molecule has 0 aromatic carbocycles. The number of hydrogen-bond donors (Lipinski definition) is 1. The summed E-state index contributed by atoms with van der Waals surface area (Å²) in [4.78, 5) is 30.5. The van der Waals surface area contributed by atoms with Gasteiger partial charge in [0.15, 0.2) is 6.10 Å². The van der Waals surface area contributed by atoms with E-state index in [-0.39, 0.29) is 12.8 Å². The van der Waals surface area contributed by atoms with Crippen molar-refractivity contribution in [2.75, 3.05) is 0 Å². The van der Waals surface area contributed by atoms with Crippen LogP contribution in [-0.2, 0) is 19.4 Å². The lowest BCUT2D eigenvalue weighted by molar-refractivity contribution is -0.264. The molecular weight excluding hydrogens is 224 g/mol. The molecule has 0 fully saturated rings. The van der Waals surface area contributed by atoms with Gasteiger partial charge in [0.25, 0.3) is 0 Å². The van der Waals surface area contributed by atoms with E-state index in [0.717, 1.165) is 32.1 Å². The third-order valence-electron chi connectivity index (χ3n) is 2.36. The van der Waals surface area contributed by atoms with Gasteiger partial charge in [0, 0.05) is 0 Å². The first kappa shape index (κ1) is 15.9. The van der Waals surface area contributed by atoms with Crippen LogP contribution < -0.4 is 0 Å². The molecule has 1 N–H and O–H groups in total. The standard InChI is InChI=1S/C12H22O5/c1-3-5-6-7-8-9-11(14)16-17-12(15)10(13)4-2/h10,13H,3-9H2,1-2H3. The predicted molar refractivity (Wildman–Crippen MR) is 61.9 cm³/mol. The Labute approximate surface area is 102 Å². The maximum absolute atomic E-state index is 11.1. The average molecular weight is 246 g/mol. The molecule has 5 heteroatoms. The van der Waals surface area contributed by atoms with Crippen LogP contribution in [0.2, 0.25) is 0 Å². The van der Waals surface area contributed by atoms with Gasteiger partial charge in [0.1, 0.15) is 0 Å². The molecule has 0 aliphatic heterocycles. The van der Waals surface area contributed by atoms with Gasteiger partial charge >= 0.3 is 11.9 Å². The smallest absolute Gasteiger partial charge is 0.381 e. The summed E-state index contributed by atoms with van der Waals surface area (Å²) >= 11 is 0. The SMILES string of the molecule is CCCCCCCC(=O)OOC(=O)C(O)CC. The molecule has 0 radical (unpaired) electrons. The average Bonchev–Trinajstić information content (AvgIpc) is 2.34. The van der Waals surface area contributed by atoms with Crippen molar-refractivity contribution in [3.8, 4) is 0 Å². The van der Waals surface area contributed by atoms with Crippen molar-refractivity contribution in [3.05, 3.63) is 0 Å². The Morgan fingerprint density at radius 3 is 2.29 bits per heavy atom. The molecule has 0 saturated carbocycles. The number of aliphatic hydroxyl groups excluding tert-OH is 1. The van der Waals surface area contributed by atoms with E-state index in [9.17, 15) is 9.59 Å². The molecule has 0 bridgehead atoms. The monoisotopic (exact) mass is 246 g/mol. The third-order valence-corrected chi connectivity index (χ3v) is 2.36. The van der Waals surface area contributed by atoms with Gasteiger partial charge in [0.2, 0.25) is 0 Å². The maximum atomic E-state index is 11.1. The quantitative estimate of drug-likeness (QED) is 0.403. The fraction of sp³-hybridized carbons (Fsp3) is 0.833. The molecule has 0 saturated heterocycles. The molecule has 5 nitrogen and oxygen atoms in total. The van der Waals surface area contributed by atoms with E-state index in [1.807, 2.05) is 0 Å². The highest BCUT2D eigenvalue weighted by Gasteiger charge is 2.17. The highest BCUT2D eigenvalue weighted by molar-refractivity contribution is 5.75. The molecule has 0 amide bonds. The van der Waals surface area contributed by atoms with Crippen LogP contribution in [0.25, 0.3) is 0 Å². The van der Waals surface area contributed by atoms with E-state index in [1.54, 1.807) is 6.92 Å². The Balaban J connectivity index is 3.49. The van der Waals surface area contributed by atoms with Crippen LogP contribution in [-0.4, -0.2) is 23.1 Å². The van der Waals surface area contributed by atoms with E-state index in [0.29, 0.717) is 0 Å². The van der Waals surface area contributed by atoms with Crippen molar-refractivity contribution < 1.29 is 24.5 Å². The summed E-state index contributed by atoms with van der Waals surface area (Å²) in [6.45, 7) is 3.74. The molecule has 0 heterocycles. The summed E-state index contributed by atoms with van der Waals surface area (Å²) < 4.78 is 0.